The van der Waals surface area contributed by atoms with E-state index >= 15 is 0 Å². The van der Waals surface area contributed by atoms with Crippen molar-refractivity contribution in [1.29, 1.82) is 0 Å². The molecule has 1 N–H and O–H groups in total. The minimum absolute atomic E-state index is 0.962. The second-order valence-corrected chi connectivity index (χ2v) is 6.43. The Labute approximate surface area is 129 Å². The van der Waals surface area contributed by atoms with Crippen LogP contribution in [0.5, 0.6) is 0 Å². The molecule has 0 aromatic heterocycles. The predicted molar refractivity (Wildman–Crippen MR) is 93.4 cm³/mol. The summed E-state index contributed by atoms with van der Waals surface area (Å²) in [4.78, 5) is 0. The molecule has 0 radical (unpaired) electrons. The molecule has 1 nitrogen and oxygen atoms in total. The Bertz CT molecular complexity index is 167. The molecule has 0 bridgehead atoms. The highest BCUT2D eigenvalue weighted by Crippen LogP contribution is 2.17. The Morgan fingerprint density at radius 3 is 1.85 bits per heavy atom. The lowest BCUT2D eigenvalue weighted by molar-refractivity contribution is 0.400. The van der Waals surface area contributed by atoms with Gasteiger partial charge in [0.2, 0.25) is 0 Å². The van der Waals surface area contributed by atoms with Crippen LogP contribution in [-0.2, 0) is 0 Å². The zero-order valence-corrected chi connectivity index (χ0v) is 14.7. The van der Waals surface area contributed by atoms with E-state index in [2.05, 4.69) is 26.1 Å². The second-order valence-electron chi connectivity index (χ2n) is 6.43. The summed E-state index contributed by atoms with van der Waals surface area (Å²) in [6, 6.07) is 0. The molecule has 0 amide bonds. The van der Waals surface area contributed by atoms with Crippen molar-refractivity contribution in [2.24, 2.45) is 5.92 Å². The van der Waals surface area contributed by atoms with Crippen LogP contribution in [0.1, 0.15) is 104 Å². The van der Waals surface area contributed by atoms with Crippen LogP contribution in [0, 0.1) is 5.92 Å². The lowest BCUT2D eigenvalue weighted by atomic mass is 9.95. The fourth-order valence-electron chi connectivity index (χ4n) is 2.87. The topological polar surface area (TPSA) is 12.0 Å². The molecule has 0 aliphatic rings. The Hall–Kier alpha value is -0.0400. The van der Waals surface area contributed by atoms with Crippen molar-refractivity contribution in [2.45, 2.75) is 104 Å². The SMILES string of the molecule is CCCCCCCCC(CC)CCNCCCCCC. The molecule has 0 aromatic rings. The van der Waals surface area contributed by atoms with Crippen LogP contribution in [0.3, 0.4) is 0 Å². The lowest BCUT2D eigenvalue weighted by Gasteiger charge is -2.15. The van der Waals surface area contributed by atoms with Gasteiger partial charge >= 0.3 is 0 Å². The second kappa shape index (κ2) is 17.0. The summed E-state index contributed by atoms with van der Waals surface area (Å²) in [5.41, 5.74) is 0. The summed E-state index contributed by atoms with van der Waals surface area (Å²) < 4.78 is 0. The third-order valence-corrected chi connectivity index (χ3v) is 4.48. The van der Waals surface area contributed by atoms with E-state index in [1.54, 1.807) is 0 Å². The van der Waals surface area contributed by atoms with Gasteiger partial charge in [-0.25, -0.2) is 0 Å². The first kappa shape index (κ1) is 20.0. The molecule has 0 saturated heterocycles. The van der Waals surface area contributed by atoms with E-state index in [1.807, 2.05) is 0 Å². The number of rotatable bonds is 16. The Morgan fingerprint density at radius 2 is 1.20 bits per heavy atom. The molecular weight excluding hydrogens is 242 g/mol. The number of nitrogens with one attached hydrogen (secondary N) is 1. The van der Waals surface area contributed by atoms with Crippen LogP contribution in [0.2, 0.25) is 0 Å². The molecule has 0 aromatic carbocycles. The molecule has 1 heteroatoms. The summed E-state index contributed by atoms with van der Waals surface area (Å²) in [6.07, 6.45) is 18.3. The Kier molecular flexibility index (Phi) is 17.0. The molecule has 0 aliphatic carbocycles. The van der Waals surface area contributed by atoms with Gasteiger partial charge in [0.15, 0.2) is 0 Å². The lowest BCUT2D eigenvalue weighted by Crippen LogP contribution is -2.19. The molecule has 0 spiro atoms. The average molecular weight is 284 g/mol. The number of hydrogen-bond donors (Lipinski definition) is 1. The zero-order valence-electron chi connectivity index (χ0n) is 14.7. The minimum atomic E-state index is 0.962. The zero-order chi connectivity index (χ0) is 14.9. The highest BCUT2D eigenvalue weighted by molar-refractivity contribution is 4.60. The first-order valence-corrected chi connectivity index (χ1v) is 9.55. The van der Waals surface area contributed by atoms with Crippen molar-refractivity contribution < 1.29 is 0 Å². The van der Waals surface area contributed by atoms with Crippen molar-refractivity contribution in [3.05, 3.63) is 0 Å². The largest absolute Gasteiger partial charge is 0.317 e. The maximum Gasteiger partial charge on any atom is -0.00463 e. The standard InChI is InChI=1S/C19H41N/c1-4-7-9-11-12-13-15-19(6-3)16-18-20-17-14-10-8-5-2/h19-20H,4-18H2,1-3H3. The van der Waals surface area contributed by atoms with Gasteiger partial charge in [-0.15, -0.1) is 0 Å². The van der Waals surface area contributed by atoms with Gasteiger partial charge < -0.3 is 5.32 Å². The molecule has 0 heterocycles. The average Bonchev–Trinajstić information content (AvgIpc) is 2.47. The van der Waals surface area contributed by atoms with E-state index in [0.717, 1.165) is 5.92 Å². The minimum Gasteiger partial charge on any atom is -0.317 e. The molecule has 20 heavy (non-hydrogen) atoms. The smallest absolute Gasteiger partial charge is 0.00463 e. The summed E-state index contributed by atoms with van der Waals surface area (Å²) in [6.45, 7) is 9.40. The van der Waals surface area contributed by atoms with Gasteiger partial charge in [-0.2, -0.15) is 0 Å². The fourth-order valence-corrected chi connectivity index (χ4v) is 2.87. The quantitative estimate of drug-likeness (QED) is 0.327. The fraction of sp³-hybridized carbons (Fsp3) is 1.00. The summed E-state index contributed by atoms with van der Waals surface area (Å²) in [5.74, 6) is 0.962. The van der Waals surface area contributed by atoms with Crippen molar-refractivity contribution in [3.63, 3.8) is 0 Å². The summed E-state index contributed by atoms with van der Waals surface area (Å²) in [7, 11) is 0. The molecule has 0 fully saturated rings. The molecule has 1 atom stereocenters. The van der Waals surface area contributed by atoms with Gasteiger partial charge in [0, 0.05) is 0 Å². The van der Waals surface area contributed by atoms with Crippen molar-refractivity contribution in [2.75, 3.05) is 13.1 Å². The first-order chi connectivity index (χ1) is 9.85. The van der Waals surface area contributed by atoms with Crippen LogP contribution < -0.4 is 5.32 Å². The van der Waals surface area contributed by atoms with Crippen molar-refractivity contribution in [1.82, 2.24) is 5.32 Å². The third kappa shape index (κ3) is 14.4. The third-order valence-electron chi connectivity index (χ3n) is 4.48. The Balaban J connectivity index is 3.29. The van der Waals surface area contributed by atoms with Gasteiger partial charge in [0.1, 0.15) is 0 Å². The number of hydrogen-bond acceptors (Lipinski definition) is 1. The molecule has 122 valence electrons. The van der Waals surface area contributed by atoms with Gasteiger partial charge in [-0.1, -0.05) is 91.4 Å². The van der Waals surface area contributed by atoms with E-state index in [0.29, 0.717) is 0 Å². The molecular formula is C19H41N. The van der Waals surface area contributed by atoms with Gasteiger partial charge in [0.05, 0.1) is 0 Å². The van der Waals surface area contributed by atoms with Crippen LogP contribution in [-0.4, -0.2) is 13.1 Å². The van der Waals surface area contributed by atoms with Gasteiger partial charge in [0.25, 0.3) is 0 Å². The predicted octanol–water partition coefficient (Wildman–Crippen LogP) is 6.32. The van der Waals surface area contributed by atoms with Crippen LogP contribution in [0.25, 0.3) is 0 Å². The van der Waals surface area contributed by atoms with Crippen LogP contribution in [0.15, 0.2) is 0 Å². The number of unbranched alkanes of at least 4 members (excludes halogenated alkanes) is 8. The normalized spacial score (nSPS) is 12.8. The molecule has 0 rings (SSSR count). The van der Waals surface area contributed by atoms with Gasteiger partial charge in [-0.05, 0) is 31.8 Å². The highest BCUT2D eigenvalue weighted by atomic mass is 14.8. The van der Waals surface area contributed by atoms with E-state index in [9.17, 15) is 0 Å². The summed E-state index contributed by atoms with van der Waals surface area (Å²) in [5, 5.41) is 3.63. The maximum atomic E-state index is 3.63. The Morgan fingerprint density at radius 1 is 0.600 bits per heavy atom. The van der Waals surface area contributed by atoms with Gasteiger partial charge in [-0.3, -0.25) is 0 Å². The van der Waals surface area contributed by atoms with Crippen LogP contribution >= 0.6 is 0 Å². The van der Waals surface area contributed by atoms with E-state index < -0.39 is 0 Å². The first-order valence-electron chi connectivity index (χ1n) is 9.55. The molecule has 0 saturated carbocycles. The van der Waals surface area contributed by atoms with E-state index in [1.165, 1.54) is 96.6 Å². The highest BCUT2D eigenvalue weighted by Gasteiger charge is 2.05. The monoisotopic (exact) mass is 283 g/mol. The van der Waals surface area contributed by atoms with E-state index in [4.69, 9.17) is 0 Å². The van der Waals surface area contributed by atoms with Crippen molar-refractivity contribution >= 4 is 0 Å². The summed E-state index contributed by atoms with van der Waals surface area (Å²) >= 11 is 0. The molecule has 1 unspecified atom stereocenters. The van der Waals surface area contributed by atoms with E-state index in [-0.39, 0.29) is 0 Å². The maximum absolute atomic E-state index is 3.63. The van der Waals surface area contributed by atoms with Crippen LogP contribution in [0.4, 0.5) is 0 Å². The van der Waals surface area contributed by atoms with Crippen molar-refractivity contribution in [3.8, 4) is 0 Å². The molecule has 0 aliphatic heterocycles.